The molecule has 1 saturated carbocycles. The maximum Gasteiger partial charge on any atom is 0.236 e. The van der Waals surface area contributed by atoms with Gasteiger partial charge in [-0.2, -0.15) is 0 Å². The van der Waals surface area contributed by atoms with Crippen LogP contribution in [0.25, 0.3) is 0 Å². The van der Waals surface area contributed by atoms with Gasteiger partial charge in [0.25, 0.3) is 0 Å². The number of amides is 1. The van der Waals surface area contributed by atoms with Gasteiger partial charge in [0.2, 0.25) is 5.91 Å². The van der Waals surface area contributed by atoms with Gasteiger partial charge in [0.1, 0.15) is 0 Å². The highest BCUT2D eigenvalue weighted by Crippen LogP contribution is 2.26. The van der Waals surface area contributed by atoms with Gasteiger partial charge in [-0.25, -0.2) is 0 Å². The van der Waals surface area contributed by atoms with Crippen molar-refractivity contribution in [1.82, 2.24) is 10.2 Å². The molecule has 0 aliphatic heterocycles. The highest BCUT2D eigenvalue weighted by Gasteiger charge is 2.24. The number of carbonyl (C=O) groups is 1. The summed E-state index contributed by atoms with van der Waals surface area (Å²) in [5.41, 5.74) is 0. The van der Waals surface area contributed by atoms with Gasteiger partial charge < -0.3 is 10.2 Å². The van der Waals surface area contributed by atoms with Crippen molar-refractivity contribution in [2.45, 2.75) is 58.9 Å². The molecular weight excluding hydrogens is 212 g/mol. The van der Waals surface area contributed by atoms with E-state index in [0.29, 0.717) is 12.6 Å². The SMILES string of the molecule is CCC1CCCCC1NCC(=O)N(CC)CC. The minimum absolute atomic E-state index is 0.246. The number of nitrogens with one attached hydrogen (secondary N) is 1. The van der Waals surface area contributed by atoms with Gasteiger partial charge in [0.05, 0.1) is 6.54 Å². The molecule has 0 aromatic heterocycles. The van der Waals surface area contributed by atoms with Crippen LogP contribution in [0.15, 0.2) is 0 Å². The lowest BCUT2D eigenvalue weighted by molar-refractivity contribution is -0.130. The van der Waals surface area contributed by atoms with Crippen molar-refractivity contribution in [2.24, 2.45) is 5.92 Å². The second kappa shape index (κ2) is 7.70. The van der Waals surface area contributed by atoms with Crippen LogP contribution in [-0.4, -0.2) is 36.5 Å². The third-order valence-corrected chi connectivity index (χ3v) is 4.07. The lowest BCUT2D eigenvalue weighted by Crippen LogP contribution is -2.45. The van der Waals surface area contributed by atoms with E-state index >= 15 is 0 Å². The number of rotatable bonds is 6. The maximum absolute atomic E-state index is 11.9. The molecule has 0 spiro atoms. The van der Waals surface area contributed by atoms with Crippen LogP contribution >= 0.6 is 0 Å². The first-order valence-corrected chi connectivity index (χ1v) is 7.24. The topological polar surface area (TPSA) is 32.3 Å². The van der Waals surface area contributed by atoms with Gasteiger partial charge in [-0.05, 0) is 32.6 Å². The van der Waals surface area contributed by atoms with Crippen LogP contribution in [0.3, 0.4) is 0 Å². The second-order valence-corrected chi connectivity index (χ2v) is 5.01. The minimum atomic E-state index is 0.246. The quantitative estimate of drug-likeness (QED) is 0.773. The third-order valence-electron chi connectivity index (χ3n) is 4.07. The molecule has 17 heavy (non-hydrogen) atoms. The summed E-state index contributed by atoms with van der Waals surface area (Å²) in [7, 11) is 0. The van der Waals surface area contributed by atoms with Crippen molar-refractivity contribution < 1.29 is 4.79 Å². The smallest absolute Gasteiger partial charge is 0.236 e. The summed E-state index contributed by atoms with van der Waals surface area (Å²) in [4.78, 5) is 13.8. The largest absolute Gasteiger partial charge is 0.342 e. The van der Waals surface area contributed by atoms with E-state index in [4.69, 9.17) is 0 Å². The van der Waals surface area contributed by atoms with Gasteiger partial charge in [-0.15, -0.1) is 0 Å². The number of carbonyl (C=O) groups excluding carboxylic acids is 1. The zero-order valence-electron chi connectivity index (χ0n) is 11.7. The highest BCUT2D eigenvalue weighted by atomic mass is 16.2. The molecule has 0 radical (unpaired) electrons. The van der Waals surface area contributed by atoms with Crippen molar-refractivity contribution >= 4 is 5.91 Å². The minimum Gasteiger partial charge on any atom is -0.342 e. The first-order valence-electron chi connectivity index (χ1n) is 7.24. The molecule has 2 atom stereocenters. The monoisotopic (exact) mass is 240 g/mol. The van der Waals surface area contributed by atoms with Crippen LogP contribution in [0.2, 0.25) is 0 Å². The summed E-state index contributed by atoms with van der Waals surface area (Å²) in [6.07, 6.45) is 6.48. The Bertz CT molecular complexity index is 226. The van der Waals surface area contributed by atoms with Crippen LogP contribution < -0.4 is 5.32 Å². The molecule has 1 rings (SSSR count). The third kappa shape index (κ3) is 4.30. The zero-order chi connectivity index (χ0) is 12.7. The van der Waals surface area contributed by atoms with Crippen molar-refractivity contribution in [1.29, 1.82) is 0 Å². The lowest BCUT2D eigenvalue weighted by atomic mass is 9.83. The van der Waals surface area contributed by atoms with E-state index in [-0.39, 0.29) is 5.91 Å². The Balaban J connectivity index is 2.35. The normalized spacial score (nSPS) is 24.6. The Morgan fingerprint density at radius 1 is 1.18 bits per heavy atom. The van der Waals surface area contributed by atoms with Crippen LogP contribution in [0.1, 0.15) is 52.9 Å². The molecule has 1 aliphatic rings. The summed E-state index contributed by atoms with van der Waals surface area (Å²) < 4.78 is 0. The van der Waals surface area contributed by atoms with E-state index in [1.54, 1.807) is 0 Å². The molecule has 1 amide bonds. The molecule has 0 bridgehead atoms. The van der Waals surface area contributed by atoms with E-state index < -0.39 is 0 Å². The molecule has 1 fully saturated rings. The second-order valence-electron chi connectivity index (χ2n) is 5.01. The summed E-state index contributed by atoms with van der Waals surface area (Å²) >= 11 is 0. The Hall–Kier alpha value is -0.570. The molecule has 3 nitrogen and oxygen atoms in total. The fourth-order valence-corrected chi connectivity index (χ4v) is 2.87. The fourth-order valence-electron chi connectivity index (χ4n) is 2.87. The Morgan fingerprint density at radius 2 is 1.82 bits per heavy atom. The molecule has 1 N–H and O–H groups in total. The van der Waals surface area contributed by atoms with Gasteiger partial charge in [0, 0.05) is 19.1 Å². The van der Waals surface area contributed by atoms with E-state index in [1.807, 2.05) is 18.7 Å². The van der Waals surface area contributed by atoms with Crippen molar-refractivity contribution in [2.75, 3.05) is 19.6 Å². The highest BCUT2D eigenvalue weighted by molar-refractivity contribution is 5.78. The molecule has 2 unspecified atom stereocenters. The summed E-state index contributed by atoms with van der Waals surface area (Å²) in [6, 6.07) is 0.563. The van der Waals surface area contributed by atoms with E-state index in [9.17, 15) is 4.79 Å². The van der Waals surface area contributed by atoms with Crippen LogP contribution in [0, 0.1) is 5.92 Å². The fraction of sp³-hybridized carbons (Fsp3) is 0.929. The van der Waals surface area contributed by atoms with Gasteiger partial charge in [0.15, 0.2) is 0 Å². The van der Waals surface area contributed by atoms with Gasteiger partial charge in [-0.3, -0.25) is 4.79 Å². The first kappa shape index (κ1) is 14.5. The molecule has 0 heterocycles. The Labute approximate surface area is 106 Å². The van der Waals surface area contributed by atoms with E-state index in [0.717, 1.165) is 19.0 Å². The molecule has 0 saturated heterocycles. The summed E-state index contributed by atoms with van der Waals surface area (Å²) in [6.45, 7) is 8.49. The number of hydrogen-bond donors (Lipinski definition) is 1. The van der Waals surface area contributed by atoms with Crippen molar-refractivity contribution in [3.8, 4) is 0 Å². The predicted molar refractivity (Wildman–Crippen MR) is 72.0 cm³/mol. The average Bonchev–Trinajstić information content (AvgIpc) is 2.38. The first-order chi connectivity index (χ1) is 8.22. The number of nitrogens with zero attached hydrogens (tertiary/aromatic N) is 1. The van der Waals surface area contributed by atoms with Crippen LogP contribution in [0.4, 0.5) is 0 Å². The average molecular weight is 240 g/mol. The molecule has 0 aromatic rings. The van der Waals surface area contributed by atoms with Gasteiger partial charge in [-0.1, -0.05) is 26.2 Å². The number of hydrogen-bond acceptors (Lipinski definition) is 2. The molecular formula is C14H28N2O. The molecule has 0 aromatic carbocycles. The summed E-state index contributed by atoms with van der Waals surface area (Å²) in [5, 5.41) is 3.48. The Morgan fingerprint density at radius 3 is 2.41 bits per heavy atom. The lowest BCUT2D eigenvalue weighted by Gasteiger charge is -2.32. The van der Waals surface area contributed by atoms with Crippen molar-refractivity contribution in [3.05, 3.63) is 0 Å². The Kier molecular flexibility index (Phi) is 6.56. The summed E-state index contributed by atoms with van der Waals surface area (Å²) in [5.74, 6) is 1.02. The molecule has 100 valence electrons. The van der Waals surface area contributed by atoms with E-state index in [1.165, 1.54) is 32.1 Å². The molecule has 1 aliphatic carbocycles. The van der Waals surface area contributed by atoms with Crippen molar-refractivity contribution in [3.63, 3.8) is 0 Å². The maximum atomic E-state index is 11.9. The van der Waals surface area contributed by atoms with Crippen LogP contribution in [0.5, 0.6) is 0 Å². The molecule has 3 heteroatoms. The standard InChI is InChI=1S/C14H28N2O/c1-4-12-9-7-8-10-13(12)15-11-14(17)16(5-2)6-3/h12-13,15H,4-11H2,1-3H3. The predicted octanol–water partition coefficient (Wildman–Crippen LogP) is 2.41. The number of likely N-dealkylation sites (N-methyl/N-ethyl adjacent to an activating group) is 1. The van der Waals surface area contributed by atoms with Crippen LogP contribution in [-0.2, 0) is 4.79 Å². The zero-order valence-corrected chi connectivity index (χ0v) is 11.7. The van der Waals surface area contributed by atoms with Gasteiger partial charge >= 0.3 is 0 Å². The van der Waals surface area contributed by atoms with E-state index in [2.05, 4.69) is 12.2 Å².